The standard InChI is InChI=1S/C13H12FN3O2/c14-10-4-1-8(2-5-10)12-16-15-11-6-3-9(13(18)19)7-17(11)12/h1-2,4-5,9H,3,6-7H2,(H,18,19). The van der Waals surface area contributed by atoms with E-state index in [-0.39, 0.29) is 5.82 Å². The minimum Gasteiger partial charge on any atom is -0.481 e. The molecule has 2 aromatic rings. The van der Waals surface area contributed by atoms with Gasteiger partial charge in [0.1, 0.15) is 11.6 Å². The summed E-state index contributed by atoms with van der Waals surface area (Å²) in [6.07, 6.45) is 1.18. The van der Waals surface area contributed by atoms with Gasteiger partial charge in [0.15, 0.2) is 5.82 Å². The molecule has 0 radical (unpaired) electrons. The van der Waals surface area contributed by atoms with Gasteiger partial charge in [-0.25, -0.2) is 4.39 Å². The summed E-state index contributed by atoms with van der Waals surface area (Å²) in [6.45, 7) is 0.365. The highest BCUT2D eigenvalue weighted by Crippen LogP contribution is 2.25. The van der Waals surface area contributed by atoms with Crippen molar-refractivity contribution in [3.05, 3.63) is 35.9 Å². The van der Waals surface area contributed by atoms with Gasteiger partial charge in [-0.05, 0) is 30.7 Å². The molecule has 0 amide bonds. The van der Waals surface area contributed by atoms with Crippen molar-refractivity contribution in [3.8, 4) is 11.4 Å². The molecule has 0 bridgehead atoms. The molecule has 19 heavy (non-hydrogen) atoms. The Balaban J connectivity index is 1.99. The third kappa shape index (κ3) is 2.09. The Bertz CT molecular complexity index is 621. The Morgan fingerprint density at radius 3 is 2.74 bits per heavy atom. The molecule has 1 aromatic heterocycles. The second kappa shape index (κ2) is 4.46. The van der Waals surface area contributed by atoms with Gasteiger partial charge in [-0.3, -0.25) is 4.79 Å². The van der Waals surface area contributed by atoms with Crippen molar-refractivity contribution < 1.29 is 14.3 Å². The molecule has 5 nitrogen and oxygen atoms in total. The van der Waals surface area contributed by atoms with Crippen LogP contribution in [0.1, 0.15) is 12.2 Å². The number of benzene rings is 1. The number of aromatic nitrogens is 3. The smallest absolute Gasteiger partial charge is 0.308 e. The zero-order valence-corrected chi connectivity index (χ0v) is 10.1. The van der Waals surface area contributed by atoms with Gasteiger partial charge in [0.05, 0.1) is 5.92 Å². The van der Waals surface area contributed by atoms with Crippen molar-refractivity contribution in [2.45, 2.75) is 19.4 Å². The number of halogens is 1. The Morgan fingerprint density at radius 2 is 2.05 bits per heavy atom. The van der Waals surface area contributed by atoms with E-state index in [9.17, 15) is 9.18 Å². The summed E-state index contributed by atoms with van der Waals surface area (Å²) < 4.78 is 14.7. The van der Waals surface area contributed by atoms with Crippen molar-refractivity contribution in [2.75, 3.05) is 0 Å². The Labute approximate surface area is 108 Å². The zero-order chi connectivity index (χ0) is 13.4. The second-order valence-electron chi connectivity index (χ2n) is 4.63. The molecule has 1 N–H and O–H groups in total. The number of aryl methyl sites for hydroxylation is 1. The van der Waals surface area contributed by atoms with Gasteiger partial charge in [-0.15, -0.1) is 10.2 Å². The number of hydrogen-bond donors (Lipinski definition) is 1. The lowest BCUT2D eigenvalue weighted by Crippen LogP contribution is -2.27. The van der Waals surface area contributed by atoms with Crippen LogP contribution in [0.2, 0.25) is 0 Å². The van der Waals surface area contributed by atoms with E-state index in [2.05, 4.69) is 10.2 Å². The zero-order valence-electron chi connectivity index (χ0n) is 10.1. The fourth-order valence-electron chi connectivity index (χ4n) is 2.34. The lowest BCUT2D eigenvalue weighted by molar-refractivity contribution is -0.142. The summed E-state index contributed by atoms with van der Waals surface area (Å²) in [7, 11) is 0. The first-order valence-electron chi connectivity index (χ1n) is 6.06. The number of fused-ring (bicyclic) bond motifs is 1. The predicted molar refractivity (Wildman–Crippen MR) is 64.9 cm³/mol. The van der Waals surface area contributed by atoms with Crippen molar-refractivity contribution in [3.63, 3.8) is 0 Å². The van der Waals surface area contributed by atoms with Gasteiger partial charge >= 0.3 is 5.97 Å². The van der Waals surface area contributed by atoms with E-state index in [0.29, 0.717) is 25.2 Å². The molecular weight excluding hydrogens is 249 g/mol. The third-order valence-corrected chi connectivity index (χ3v) is 3.40. The van der Waals surface area contributed by atoms with Crippen LogP contribution in [0.15, 0.2) is 24.3 Å². The summed E-state index contributed by atoms with van der Waals surface area (Å²) in [6, 6.07) is 5.96. The van der Waals surface area contributed by atoms with Gasteiger partial charge < -0.3 is 9.67 Å². The first-order valence-corrected chi connectivity index (χ1v) is 6.06. The van der Waals surface area contributed by atoms with Crippen LogP contribution in [0.5, 0.6) is 0 Å². The highest BCUT2D eigenvalue weighted by atomic mass is 19.1. The molecule has 0 fully saturated rings. The van der Waals surface area contributed by atoms with Crippen LogP contribution in [0.4, 0.5) is 4.39 Å². The lowest BCUT2D eigenvalue weighted by Gasteiger charge is -2.21. The average molecular weight is 261 g/mol. The summed E-state index contributed by atoms with van der Waals surface area (Å²) >= 11 is 0. The summed E-state index contributed by atoms with van der Waals surface area (Å²) in [4.78, 5) is 11.1. The fourth-order valence-corrected chi connectivity index (χ4v) is 2.34. The summed E-state index contributed by atoms with van der Waals surface area (Å²) in [5.74, 6) is -0.143. The van der Waals surface area contributed by atoms with Crippen molar-refractivity contribution >= 4 is 5.97 Å². The first kappa shape index (κ1) is 11.8. The molecule has 1 aliphatic heterocycles. The Kier molecular flexibility index (Phi) is 2.77. The lowest BCUT2D eigenvalue weighted by atomic mass is 9.99. The molecule has 1 unspecified atom stereocenters. The van der Waals surface area contributed by atoms with Gasteiger partial charge in [0.25, 0.3) is 0 Å². The van der Waals surface area contributed by atoms with E-state index in [1.54, 1.807) is 12.1 Å². The number of carbonyl (C=O) groups is 1. The number of carboxylic acids is 1. The van der Waals surface area contributed by atoms with Gasteiger partial charge in [-0.1, -0.05) is 0 Å². The van der Waals surface area contributed by atoms with Gasteiger partial charge in [0, 0.05) is 18.5 Å². The predicted octanol–water partition coefficient (Wildman–Crippen LogP) is 1.73. The minimum atomic E-state index is -0.801. The quantitative estimate of drug-likeness (QED) is 0.894. The molecule has 0 saturated carbocycles. The van der Waals surface area contributed by atoms with E-state index in [1.165, 1.54) is 12.1 Å². The molecule has 3 rings (SSSR count). The van der Waals surface area contributed by atoms with E-state index in [0.717, 1.165) is 11.4 Å². The van der Waals surface area contributed by atoms with Gasteiger partial charge in [-0.2, -0.15) is 0 Å². The summed E-state index contributed by atoms with van der Waals surface area (Å²) in [5, 5.41) is 17.3. The normalized spacial score (nSPS) is 18.1. The van der Waals surface area contributed by atoms with Gasteiger partial charge in [0.2, 0.25) is 0 Å². The maximum Gasteiger partial charge on any atom is 0.308 e. The van der Waals surface area contributed by atoms with Crippen LogP contribution in [0.25, 0.3) is 11.4 Å². The first-order chi connectivity index (χ1) is 9.15. The van der Waals surface area contributed by atoms with E-state index in [1.807, 2.05) is 4.57 Å². The highest BCUT2D eigenvalue weighted by Gasteiger charge is 2.27. The summed E-state index contributed by atoms with van der Waals surface area (Å²) in [5.41, 5.74) is 0.742. The monoisotopic (exact) mass is 261 g/mol. The van der Waals surface area contributed by atoms with Crippen LogP contribution in [-0.2, 0) is 17.8 Å². The van der Waals surface area contributed by atoms with Crippen LogP contribution in [-0.4, -0.2) is 25.8 Å². The molecule has 1 aromatic carbocycles. The number of hydrogen-bond acceptors (Lipinski definition) is 3. The van der Waals surface area contributed by atoms with Crippen LogP contribution >= 0.6 is 0 Å². The highest BCUT2D eigenvalue weighted by molar-refractivity contribution is 5.70. The molecule has 98 valence electrons. The average Bonchev–Trinajstić information content (AvgIpc) is 2.82. The van der Waals surface area contributed by atoms with Crippen molar-refractivity contribution in [1.82, 2.24) is 14.8 Å². The van der Waals surface area contributed by atoms with E-state index in [4.69, 9.17) is 5.11 Å². The maximum absolute atomic E-state index is 12.9. The number of aliphatic carboxylic acids is 1. The van der Waals surface area contributed by atoms with E-state index >= 15 is 0 Å². The molecular formula is C13H12FN3O2. The molecule has 0 saturated heterocycles. The maximum atomic E-state index is 12.9. The largest absolute Gasteiger partial charge is 0.481 e. The molecule has 6 heteroatoms. The van der Waals surface area contributed by atoms with Crippen molar-refractivity contribution in [2.24, 2.45) is 5.92 Å². The second-order valence-corrected chi connectivity index (χ2v) is 4.63. The van der Waals surface area contributed by atoms with E-state index < -0.39 is 11.9 Å². The third-order valence-electron chi connectivity index (χ3n) is 3.40. The van der Waals surface area contributed by atoms with Crippen LogP contribution in [0.3, 0.4) is 0 Å². The SMILES string of the molecule is O=C(O)C1CCc2nnc(-c3ccc(F)cc3)n2C1. The Morgan fingerprint density at radius 1 is 1.32 bits per heavy atom. The minimum absolute atomic E-state index is 0.314. The number of rotatable bonds is 2. The Hall–Kier alpha value is -2.24. The number of carboxylic acid groups (broad SMARTS) is 1. The number of nitrogens with zero attached hydrogens (tertiary/aromatic N) is 3. The molecule has 2 heterocycles. The molecule has 1 aliphatic rings. The van der Waals surface area contributed by atoms with Crippen LogP contribution in [0, 0.1) is 11.7 Å². The molecule has 0 aliphatic carbocycles. The topological polar surface area (TPSA) is 68.0 Å². The molecule has 1 atom stereocenters. The van der Waals surface area contributed by atoms with Crippen LogP contribution < -0.4 is 0 Å². The van der Waals surface area contributed by atoms with Crippen molar-refractivity contribution in [1.29, 1.82) is 0 Å². The fraction of sp³-hybridized carbons (Fsp3) is 0.308. The molecule has 0 spiro atoms.